The molecule has 0 aromatic carbocycles. The van der Waals surface area contributed by atoms with E-state index in [-0.39, 0.29) is 34.9 Å². The minimum absolute atomic E-state index is 0.128. The highest BCUT2D eigenvalue weighted by molar-refractivity contribution is 6.66. The van der Waals surface area contributed by atoms with Crippen LogP contribution >= 0.6 is 0 Å². The maximum atomic E-state index is 13.9. The Morgan fingerprint density at radius 1 is 1.10 bits per heavy atom. The molecule has 50 heavy (non-hydrogen) atoms. The smallest absolute Gasteiger partial charge is 0.405 e. The lowest BCUT2D eigenvalue weighted by molar-refractivity contribution is -0.120. The second-order valence-corrected chi connectivity index (χ2v) is 16.3. The highest BCUT2D eigenvalue weighted by atomic mass is 28.4. The predicted molar refractivity (Wildman–Crippen MR) is 192 cm³/mol. The zero-order valence-electron chi connectivity index (χ0n) is 31.0. The summed E-state index contributed by atoms with van der Waals surface area (Å²) >= 11 is 0. The molecule has 0 aromatic heterocycles. The van der Waals surface area contributed by atoms with E-state index in [1.807, 2.05) is 34.2 Å². The summed E-state index contributed by atoms with van der Waals surface area (Å²) in [5.41, 5.74) is 6.51. The molecule has 0 spiro atoms. The minimum Gasteiger partial charge on any atom is -0.439 e. The fraction of sp³-hybridized carbons (Fsp3) is 0.611. The molecule has 5 N–H and O–H groups in total. The van der Waals surface area contributed by atoms with Crippen LogP contribution in [0.25, 0.3) is 0 Å². The first-order chi connectivity index (χ1) is 23.6. The van der Waals surface area contributed by atoms with Gasteiger partial charge in [0, 0.05) is 57.1 Å². The van der Waals surface area contributed by atoms with E-state index in [0.29, 0.717) is 44.2 Å². The predicted octanol–water partition coefficient (Wildman–Crippen LogP) is 3.89. The number of nitrogens with one attached hydrogen (secondary N) is 2. The van der Waals surface area contributed by atoms with Crippen molar-refractivity contribution in [3.8, 4) is 0 Å². The molecule has 6 atom stereocenters. The van der Waals surface area contributed by atoms with Gasteiger partial charge in [0.25, 0.3) is 5.91 Å². The van der Waals surface area contributed by atoms with Gasteiger partial charge in [-0.2, -0.15) is 0 Å². The van der Waals surface area contributed by atoms with Gasteiger partial charge in [0.05, 0.1) is 23.6 Å². The van der Waals surface area contributed by atoms with Crippen LogP contribution in [0.15, 0.2) is 58.5 Å². The fourth-order valence-corrected chi connectivity index (χ4v) is 8.61. The minimum atomic E-state index is -2.38. The summed E-state index contributed by atoms with van der Waals surface area (Å²) in [6.45, 7) is 14.4. The largest absolute Gasteiger partial charge is 0.439 e. The number of ketones is 2. The van der Waals surface area contributed by atoms with E-state index in [1.54, 1.807) is 32.1 Å². The number of carbonyl (C=O) groups is 4. The normalized spacial score (nSPS) is 28.9. The van der Waals surface area contributed by atoms with Crippen molar-refractivity contribution in [3.63, 3.8) is 0 Å². The van der Waals surface area contributed by atoms with E-state index in [0.717, 1.165) is 6.08 Å². The van der Waals surface area contributed by atoms with Crippen molar-refractivity contribution in [1.82, 2.24) is 10.6 Å². The van der Waals surface area contributed by atoms with Gasteiger partial charge in [0.1, 0.15) is 6.10 Å². The van der Waals surface area contributed by atoms with Crippen molar-refractivity contribution in [3.05, 3.63) is 58.5 Å². The lowest BCUT2D eigenvalue weighted by atomic mass is 9.85. The van der Waals surface area contributed by atoms with E-state index in [4.69, 9.17) is 28.8 Å². The van der Waals surface area contributed by atoms with Gasteiger partial charge in [-0.15, -0.1) is 0 Å². The Labute approximate surface area is 297 Å². The third kappa shape index (κ3) is 12.4. The first-order valence-corrected chi connectivity index (χ1v) is 19.7. The average Bonchev–Trinajstić information content (AvgIpc) is 3.05. The molecule has 0 unspecified atom stereocenters. The summed E-state index contributed by atoms with van der Waals surface area (Å²) in [7, 11) is 0.555. The molecule has 14 heteroatoms. The monoisotopic (exact) mass is 719 g/mol. The maximum Gasteiger partial charge on any atom is 0.405 e. The summed E-state index contributed by atoms with van der Waals surface area (Å²) in [5, 5.41) is 17.2. The van der Waals surface area contributed by atoms with Crippen molar-refractivity contribution in [1.29, 1.82) is 0 Å². The number of aliphatic hydroxyl groups is 1. The van der Waals surface area contributed by atoms with Gasteiger partial charge in [0.15, 0.2) is 6.10 Å². The zero-order valence-corrected chi connectivity index (χ0v) is 32.0. The highest BCUT2D eigenvalue weighted by Crippen LogP contribution is 2.29. The molecule has 0 saturated carbocycles. The lowest BCUT2D eigenvalue weighted by Crippen LogP contribution is -2.40. The second kappa shape index (κ2) is 20.4. The zero-order chi connectivity index (χ0) is 37.6. The van der Waals surface area contributed by atoms with E-state index in [2.05, 4.69) is 10.6 Å². The van der Waals surface area contributed by atoms with Crippen LogP contribution in [0.2, 0.25) is 12.6 Å². The second-order valence-electron chi connectivity index (χ2n) is 13.0. The SMILES string of the molecule is CCO[Si](C)(CCCNC1=C2C[C@@H](C)C[C@H](OC)[C@H](O)[C@@H](C)/C=C(\C)[C@H](OC(N)=O)[C@@H](OC)/C=C\C=C(/C)C(=O)NC(=CC1=O)C2=O)OCC. The van der Waals surface area contributed by atoms with Crippen LogP contribution in [0.3, 0.4) is 0 Å². The molecule has 2 bridgehead atoms. The molecule has 0 radical (unpaired) electrons. The van der Waals surface area contributed by atoms with E-state index >= 15 is 0 Å². The molecule has 2 aliphatic rings. The van der Waals surface area contributed by atoms with E-state index < -0.39 is 62.5 Å². The van der Waals surface area contributed by atoms with Crippen molar-refractivity contribution in [2.75, 3.05) is 34.0 Å². The Balaban J connectivity index is 2.53. The number of hydrogen-bond donors (Lipinski definition) is 4. The third-order valence-corrected chi connectivity index (χ3v) is 11.9. The van der Waals surface area contributed by atoms with Crippen LogP contribution in [0.5, 0.6) is 0 Å². The molecule has 0 fully saturated rings. The molecule has 13 nitrogen and oxygen atoms in total. The van der Waals surface area contributed by atoms with Crippen LogP contribution in [0.4, 0.5) is 4.79 Å². The Bertz CT molecular complexity index is 1370. The molecule has 0 saturated heterocycles. The fourth-order valence-electron chi connectivity index (χ4n) is 6.20. The first kappa shape index (κ1) is 42.8. The number of rotatable bonds is 12. The molecule has 1 heterocycles. The number of fused-ring (bicyclic) bond motifs is 2. The number of carbonyl (C=O) groups excluding carboxylic acids is 4. The summed E-state index contributed by atoms with van der Waals surface area (Å²) < 4.78 is 28.6. The van der Waals surface area contributed by atoms with Gasteiger partial charge in [-0.1, -0.05) is 38.2 Å². The Hall–Kier alpha value is -3.40. The van der Waals surface area contributed by atoms with Crippen LogP contribution in [0.1, 0.15) is 60.8 Å². The van der Waals surface area contributed by atoms with Crippen molar-refractivity contribution in [2.45, 2.75) is 97.8 Å². The number of aliphatic hydroxyl groups excluding tert-OH is 1. The maximum absolute atomic E-state index is 13.9. The van der Waals surface area contributed by atoms with Gasteiger partial charge in [-0.05, 0) is 71.0 Å². The van der Waals surface area contributed by atoms with Crippen LogP contribution in [-0.4, -0.2) is 95.6 Å². The Morgan fingerprint density at radius 2 is 1.76 bits per heavy atom. The molecular weight excluding hydrogens is 662 g/mol. The molecule has 2 rings (SSSR count). The topological polar surface area (TPSA) is 185 Å². The van der Waals surface area contributed by atoms with Gasteiger partial charge in [0.2, 0.25) is 11.6 Å². The Morgan fingerprint density at radius 3 is 2.34 bits per heavy atom. The van der Waals surface area contributed by atoms with Gasteiger partial charge < -0.3 is 44.5 Å². The highest BCUT2D eigenvalue weighted by Gasteiger charge is 2.34. The number of amides is 2. The lowest BCUT2D eigenvalue weighted by Gasteiger charge is -2.30. The number of nitrogens with two attached hydrogens (primary N) is 1. The Kier molecular flexibility index (Phi) is 17.5. The average molecular weight is 720 g/mol. The quantitative estimate of drug-likeness (QED) is 0.0993. The summed E-state index contributed by atoms with van der Waals surface area (Å²) in [6.07, 6.45) is 4.42. The molecule has 280 valence electrons. The van der Waals surface area contributed by atoms with Crippen molar-refractivity contribution >= 4 is 32.1 Å². The standard InChI is InChI=1S/C36H57N3O10Si/c1-10-47-50(9,48-11-2)17-13-16-38-31-26-18-22(3)19-30(46-8)32(41)24(5)20-25(6)34(49-36(37)44)29(45-7)15-12-14-23(4)35(43)39-27(33(26)42)21-28(31)40/h12,14-15,20-22,24,29-30,32,34,38,41H,10-11,13,16-19H2,1-9H3,(H2,37,44)(H,39,43)/b15-12-,23-14+,25-20+/t22-,24+,29+,30+,32-,34+/m1/s1. The molecule has 1 aliphatic carbocycles. The molecule has 2 amide bonds. The van der Waals surface area contributed by atoms with E-state index in [1.165, 1.54) is 20.3 Å². The van der Waals surface area contributed by atoms with E-state index in [9.17, 15) is 24.3 Å². The number of allylic oxidation sites excluding steroid dienone is 4. The number of primary amides is 1. The van der Waals surface area contributed by atoms with Crippen LogP contribution in [0, 0.1) is 11.8 Å². The number of ether oxygens (including phenoxy) is 3. The van der Waals surface area contributed by atoms with Crippen molar-refractivity contribution in [2.24, 2.45) is 17.6 Å². The van der Waals surface area contributed by atoms with Gasteiger partial charge >= 0.3 is 14.7 Å². The summed E-state index contributed by atoms with van der Waals surface area (Å²) in [6, 6.07) is 0.695. The molecular formula is C36H57N3O10Si. The summed E-state index contributed by atoms with van der Waals surface area (Å²) in [4.78, 5) is 52.5. The van der Waals surface area contributed by atoms with Crippen LogP contribution < -0.4 is 16.4 Å². The number of methoxy groups -OCH3 is 2. The summed E-state index contributed by atoms with van der Waals surface area (Å²) in [5.74, 6) is -2.15. The molecule has 0 aromatic rings. The van der Waals surface area contributed by atoms with Crippen molar-refractivity contribution < 1.29 is 47.3 Å². The van der Waals surface area contributed by atoms with Gasteiger partial charge in [-0.3, -0.25) is 14.4 Å². The number of Topliss-reactive ketones (excluding diaryl/α,β-unsaturated/α-hetero) is 1. The number of hydrogen-bond acceptors (Lipinski definition) is 11. The first-order valence-electron chi connectivity index (χ1n) is 17.2. The van der Waals surface area contributed by atoms with Crippen LogP contribution in [-0.2, 0) is 37.4 Å². The third-order valence-electron chi connectivity index (χ3n) is 8.80. The molecule has 1 aliphatic heterocycles. The van der Waals surface area contributed by atoms with Gasteiger partial charge in [-0.25, -0.2) is 4.79 Å².